The molecule has 37 heavy (non-hydrogen) atoms. The molecule has 1 aromatic carbocycles. The number of rotatable bonds is 4. The molecule has 2 atom stereocenters. The lowest BCUT2D eigenvalue weighted by Gasteiger charge is -2.37. The zero-order chi connectivity index (χ0) is 27.1. The molecule has 0 unspecified atom stereocenters. The van der Waals surface area contributed by atoms with Crippen molar-refractivity contribution in [3.63, 3.8) is 0 Å². The topological polar surface area (TPSA) is 91.2 Å². The molecule has 4 rings (SSSR count). The maximum Gasteiger partial charge on any atom is 0.410 e. The van der Waals surface area contributed by atoms with Gasteiger partial charge in [-0.05, 0) is 49.8 Å². The van der Waals surface area contributed by atoms with Crippen LogP contribution < -0.4 is 9.64 Å². The number of halogens is 3. The van der Waals surface area contributed by atoms with Crippen LogP contribution in [0.2, 0.25) is 5.02 Å². The molecule has 2 aliphatic rings. The van der Waals surface area contributed by atoms with Crippen molar-refractivity contribution < 1.29 is 23.4 Å². The molecule has 2 saturated heterocycles. The van der Waals surface area contributed by atoms with E-state index in [1.807, 2.05) is 32.7 Å². The van der Waals surface area contributed by atoms with Crippen molar-refractivity contribution in [2.75, 3.05) is 58.3 Å². The summed E-state index contributed by atoms with van der Waals surface area (Å²) in [6.45, 7) is 8.21. The summed E-state index contributed by atoms with van der Waals surface area (Å²) in [5.41, 5.74) is 0.0849. The van der Waals surface area contributed by atoms with E-state index < -0.39 is 17.5 Å². The normalized spacial score (nSPS) is 20.8. The summed E-state index contributed by atoms with van der Waals surface area (Å²) in [6.07, 6.45) is -1.01. The number of nitriles is 1. The zero-order valence-corrected chi connectivity index (χ0v) is 23.8. The van der Waals surface area contributed by atoms with Crippen LogP contribution in [-0.4, -0.2) is 92.1 Å². The molecule has 1 aromatic heterocycles. The van der Waals surface area contributed by atoms with Crippen LogP contribution in [0.4, 0.5) is 14.9 Å². The monoisotopic (exact) mass is 597 g/mol. The molecule has 0 saturated carbocycles. The SMILES string of the molecule is CO[C@@H]1CN(C)C[C@H]1Oc1nc2c(F)c(Br)c(Cl)cc2c(N2CCN(C(=O)OC(C)(C)C)CC2)c1C#N. The molecule has 1 amide bonds. The van der Waals surface area contributed by atoms with Gasteiger partial charge in [0.2, 0.25) is 5.88 Å². The highest BCUT2D eigenvalue weighted by Gasteiger charge is 2.35. The number of carbonyl (C=O) groups excluding carboxylic acids is 1. The number of amides is 1. The molecule has 2 fully saturated rings. The number of hydrogen-bond donors (Lipinski definition) is 0. The number of aromatic nitrogens is 1. The van der Waals surface area contributed by atoms with Crippen LogP contribution in [0.3, 0.4) is 0 Å². The van der Waals surface area contributed by atoms with Crippen LogP contribution >= 0.6 is 27.5 Å². The standard InChI is InChI=1S/C25H30BrClFN5O4/c1-25(2,3)37-24(34)33-8-6-32(7-9-33)22-14-10-16(27)19(26)20(28)21(14)30-23(15(22)11-29)36-18-13-31(4)12-17(18)35-5/h10,17-18H,6-9,12-13H2,1-5H3/t17-,18-/m1/s1. The molecule has 2 aromatic rings. The Labute approximate surface area is 229 Å². The van der Waals surface area contributed by atoms with E-state index in [9.17, 15) is 10.1 Å². The number of anilines is 1. The van der Waals surface area contributed by atoms with Crippen LogP contribution in [0, 0.1) is 17.1 Å². The highest BCUT2D eigenvalue weighted by molar-refractivity contribution is 9.10. The summed E-state index contributed by atoms with van der Waals surface area (Å²) in [4.78, 5) is 22.6. The van der Waals surface area contributed by atoms with Gasteiger partial charge in [-0.3, -0.25) is 4.90 Å². The molecule has 12 heteroatoms. The second-order valence-corrected chi connectivity index (χ2v) is 11.4. The van der Waals surface area contributed by atoms with Gasteiger partial charge in [-0.25, -0.2) is 14.2 Å². The molecule has 0 radical (unpaired) electrons. The van der Waals surface area contributed by atoms with E-state index in [2.05, 4.69) is 31.9 Å². The minimum Gasteiger partial charge on any atom is -0.469 e. The van der Waals surface area contributed by atoms with Crippen molar-refractivity contribution in [3.05, 3.63) is 26.9 Å². The van der Waals surface area contributed by atoms with Crippen molar-refractivity contribution in [1.29, 1.82) is 5.26 Å². The van der Waals surface area contributed by atoms with E-state index in [0.29, 0.717) is 50.3 Å². The van der Waals surface area contributed by atoms with Crippen molar-refractivity contribution in [1.82, 2.24) is 14.8 Å². The second kappa shape index (κ2) is 10.8. The summed E-state index contributed by atoms with van der Waals surface area (Å²) in [6, 6.07) is 3.82. The molecule has 200 valence electrons. The summed E-state index contributed by atoms with van der Waals surface area (Å²) >= 11 is 9.51. The number of methoxy groups -OCH3 is 1. The highest BCUT2D eigenvalue weighted by atomic mass is 79.9. The Kier molecular flexibility index (Phi) is 8.04. The third kappa shape index (κ3) is 5.72. The Morgan fingerprint density at radius 3 is 2.49 bits per heavy atom. The molecular formula is C25H30BrClFN5O4. The largest absolute Gasteiger partial charge is 0.469 e. The summed E-state index contributed by atoms with van der Waals surface area (Å²) in [5.74, 6) is -0.604. The number of ether oxygens (including phenoxy) is 3. The maximum atomic E-state index is 15.4. The van der Waals surface area contributed by atoms with Gasteiger partial charge in [-0.15, -0.1) is 0 Å². The summed E-state index contributed by atoms with van der Waals surface area (Å²) in [5, 5.41) is 10.8. The Balaban J connectivity index is 1.75. The smallest absolute Gasteiger partial charge is 0.410 e. The quantitative estimate of drug-likeness (QED) is 0.478. The Bertz CT molecular complexity index is 1240. The second-order valence-electron chi connectivity index (χ2n) is 10.2. The first kappa shape index (κ1) is 27.6. The molecule has 0 aliphatic carbocycles. The van der Waals surface area contributed by atoms with Gasteiger partial charge in [0.05, 0.1) is 15.2 Å². The first-order valence-corrected chi connectivity index (χ1v) is 13.1. The lowest BCUT2D eigenvalue weighted by atomic mass is 10.1. The number of fused-ring (bicyclic) bond motifs is 1. The van der Waals surface area contributed by atoms with Gasteiger partial charge in [0.1, 0.15) is 35.0 Å². The van der Waals surface area contributed by atoms with Gasteiger partial charge in [0.15, 0.2) is 5.82 Å². The van der Waals surface area contributed by atoms with Gasteiger partial charge in [0.25, 0.3) is 0 Å². The summed E-state index contributed by atoms with van der Waals surface area (Å²) < 4.78 is 32.8. The number of carbonyl (C=O) groups is 1. The van der Waals surface area contributed by atoms with Crippen molar-refractivity contribution in [2.45, 2.75) is 38.6 Å². The maximum absolute atomic E-state index is 15.4. The number of likely N-dealkylation sites (tertiary alicyclic amines) is 1. The predicted molar refractivity (Wildman–Crippen MR) is 142 cm³/mol. The summed E-state index contributed by atoms with van der Waals surface area (Å²) in [7, 11) is 3.55. The number of benzene rings is 1. The highest BCUT2D eigenvalue weighted by Crippen LogP contribution is 2.41. The van der Waals surface area contributed by atoms with Crippen LogP contribution in [0.15, 0.2) is 10.5 Å². The predicted octanol–water partition coefficient (Wildman–Crippen LogP) is 4.43. The fourth-order valence-corrected chi connectivity index (χ4v) is 5.12. The fourth-order valence-electron chi connectivity index (χ4n) is 4.63. The van der Waals surface area contributed by atoms with E-state index in [4.69, 9.17) is 25.8 Å². The fraction of sp³-hybridized carbons (Fsp3) is 0.560. The average molecular weight is 599 g/mol. The van der Waals surface area contributed by atoms with Crippen LogP contribution in [-0.2, 0) is 9.47 Å². The van der Waals surface area contributed by atoms with Crippen LogP contribution in [0.1, 0.15) is 26.3 Å². The first-order valence-electron chi connectivity index (χ1n) is 12.0. The Morgan fingerprint density at radius 1 is 1.24 bits per heavy atom. The molecule has 9 nitrogen and oxygen atoms in total. The molecule has 0 spiro atoms. The molecule has 2 aliphatic heterocycles. The molecular weight excluding hydrogens is 569 g/mol. The average Bonchev–Trinajstić information content (AvgIpc) is 3.20. The van der Waals surface area contributed by atoms with E-state index in [-0.39, 0.29) is 38.7 Å². The lowest BCUT2D eigenvalue weighted by molar-refractivity contribution is 0.0240. The lowest BCUT2D eigenvalue weighted by Crippen LogP contribution is -2.50. The van der Waals surface area contributed by atoms with Gasteiger partial charge in [0, 0.05) is 51.8 Å². The van der Waals surface area contributed by atoms with E-state index in [0.717, 1.165) is 0 Å². The number of nitrogens with zero attached hydrogens (tertiary/aromatic N) is 5. The molecule has 0 bridgehead atoms. The minimum absolute atomic E-state index is 0.0371. The van der Waals surface area contributed by atoms with E-state index in [1.54, 1.807) is 18.1 Å². The van der Waals surface area contributed by atoms with Crippen molar-refractivity contribution in [3.8, 4) is 11.9 Å². The van der Waals surface area contributed by atoms with Gasteiger partial charge >= 0.3 is 6.09 Å². The number of piperazine rings is 1. The minimum atomic E-state index is -0.641. The first-order chi connectivity index (χ1) is 17.4. The van der Waals surface area contributed by atoms with Crippen molar-refractivity contribution >= 4 is 50.2 Å². The number of hydrogen-bond acceptors (Lipinski definition) is 8. The van der Waals surface area contributed by atoms with Crippen LogP contribution in [0.5, 0.6) is 5.88 Å². The number of likely N-dealkylation sites (N-methyl/N-ethyl adjacent to an activating group) is 1. The third-order valence-corrected chi connectivity index (χ3v) is 7.68. The zero-order valence-electron chi connectivity index (χ0n) is 21.5. The number of pyridine rings is 1. The molecule has 3 heterocycles. The van der Waals surface area contributed by atoms with Gasteiger partial charge in [-0.2, -0.15) is 5.26 Å². The van der Waals surface area contributed by atoms with Crippen LogP contribution in [0.25, 0.3) is 10.9 Å². The molecule has 0 N–H and O–H groups in total. The Morgan fingerprint density at radius 2 is 1.89 bits per heavy atom. The van der Waals surface area contributed by atoms with Crippen molar-refractivity contribution in [2.24, 2.45) is 0 Å². The van der Waals surface area contributed by atoms with E-state index >= 15 is 4.39 Å². The Hall–Kier alpha value is -2.39. The third-order valence-electron chi connectivity index (χ3n) is 6.38. The van der Waals surface area contributed by atoms with Gasteiger partial charge in [-0.1, -0.05) is 11.6 Å². The van der Waals surface area contributed by atoms with Gasteiger partial charge < -0.3 is 24.0 Å². The van der Waals surface area contributed by atoms with E-state index in [1.165, 1.54) is 0 Å².